The summed E-state index contributed by atoms with van der Waals surface area (Å²) >= 11 is 0. The number of carbonyl (C=O) groups excluding carboxylic acids is 1. The number of aromatic nitrogens is 5. The summed E-state index contributed by atoms with van der Waals surface area (Å²) in [4.78, 5) is 19.5. The lowest BCUT2D eigenvalue weighted by Crippen LogP contribution is -2.11. The van der Waals surface area contributed by atoms with Crippen molar-refractivity contribution >= 4 is 5.97 Å². The molecule has 30 heavy (non-hydrogen) atoms. The minimum Gasteiger partial charge on any atom is -0.461 e. The molecule has 2 aromatic heterocycles. The Hall–Kier alpha value is -3.50. The largest absolute Gasteiger partial charge is 0.461 e. The van der Waals surface area contributed by atoms with Gasteiger partial charge in [0, 0.05) is 11.5 Å². The van der Waals surface area contributed by atoms with E-state index in [1.54, 1.807) is 19.1 Å². The van der Waals surface area contributed by atoms with Gasteiger partial charge in [-0.2, -0.15) is 33.5 Å². The number of aromatic amines is 1. The van der Waals surface area contributed by atoms with Crippen LogP contribution < -0.4 is 4.74 Å². The average Bonchev–Trinajstić information content (AvgIpc) is 3.44. The zero-order chi connectivity index (χ0) is 21.3. The Balaban J connectivity index is 1.57. The second kappa shape index (κ2) is 7.73. The van der Waals surface area contributed by atoms with Crippen LogP contribution in [-0.2, 0) is 10.9 Å². The molecule has 1 N–H and O–H groups in total. The smallest absolute Gasteiger partial charge is 0.433 e. The number of esters is 1. The normalized spacial score (nSPS) is 13.9. The molecule has 2 heterocycles. The van der Waals surface area contributed by atoms with Crippen LogP contribution in [0.3, 0.4) is 0 Å². The van der Waals surface area contributed by atoms with Gasteiger partial charge in [-0.15, -0.1) is 5.10 Å². The summed E-state index contributed by atoms with van der Waals surface area (Å²) in [5.74, 6) is -0.375. The molecular formula is C19H16F3N5O3. The molecule has 0 amide bonds. The first-order chi connectivity index (χ1) is 14.3. The Morgan fingerprint density at radius 1 is 1.17 bits per heavy atom. The second-order valence-corrected chi connectivity index (χ2v) is 6.60. The molecule has 8 nitrogen and oxygen atoms in total. The third-order valence-electron chi connectivity index (χ3n) is 4.37. The maximum Gasteiger partial charge on any atom is 0.433 e. The molecule has 0 spiro atoms. The first-order valence-electron chi connectivity index (χ1n) is 9.17. The highest BCUT2D eigenvalue weighted by molar-refractivity contribution is 5.93. The van der Waals surface area contributed by atoms with E-state index in [4.69, 9.17) is 9.47 Å². The number of H-pyrrole nitrogens is 1. The first kappa shape index (κ1) is 19.8. The Morgan fingerprint density at radius 3 is 2.53 bits per heavy atom. The third kappa shape index (κ3) is 4.24. The molecule has 0 aliphatic heterocycles. The zero-order valence-electron chi connectivity index (χ0n) is 15.7. The van der Waals surface area contributed by atoms with E-state index >= 15 is 0 Å². The van der Waals surface area contributed by atoms with Gasteiger partial charge in [0.15, 0.2) is 11.4 Å². The molecule has 4 rings (SSSR count). The molecular weight excluding hydrogens is 403 g/mol. The second-order valence-electron chi connectivity index (χ2n) is 6.60. The summed E-state index contributed by atoms with van der Waals surface area (Å²) in [5, 5.41) is 10.1. The Bertz CT molecular complexity index is 1060. The standard InChI is InChI=1S/C19H16F3N5O3/c1-2-29-17(28)16-15(25-27-26-16)11-5-7-12(8-6-11)30-18-23-13(10-3-4-10)9-14(24-18)19(20,21)22/h5-10H,2-4H2,1H3,(H,25,26,27). The molecule has 1 aliphatic rings. The van der Waals surface area contributed by atoms with Crippen molar-refractivity contribution in [1.29, 1.82) is 0 Å². The number of carbonyl (C=O) groups is 1. The number of nitrogens with one attached hydrogen (secondary N) is 1. The van der Waals surface area contributed by atoms with Crippen molar-refractivity contribution in [2.45, 2.75) is 31.9 Å². The van der Waals surface area contributed by atoms with Crippen molar-refractivity contribution < 1.29 is 27.4 Å². The fourth-order valence-electron chi connectivity index (χ4n) is 2.78. The summed E-state index contributed by atoms with van der Waals surface area (Å²) in [7, 11) is 0. The van der Waals surface area contributed by atoms with Crippen LogP contribution in [-0.4, -0.2) is 38.0 Å². The van der Waals surface area contributed by atoms with Crippen LogP contribution in [0.15, 0.2) is 30.3 Å². The van der Waals surface area contributed by atoms with Crippen molar-refractivity contribution in [3.05, 3.63) is 47.4 Å². The van der Waals surface area contributed by atoms with E-state index in [9.17, 15) is 18.0 Å². The van der Waals surface area contributed by atoms with Crippen molar-refractivity contribution in [1.82, 2.24) is 25.4 Å². The van der Waals surface area contributed by atoms with E-state index in [-0.39, 0.29) is 35.7 Å². The Labute approximate surface area is 168 Å². The molecule has 11 heteroatoms. The summed E-state index contributed by atoms with van der Waals surface area (Å²) in [5.41, 5.74) is 0.147. The number of halogens is 3. The lowest BCUT2D eigenvalue weighted by molar-refractivity contribution is -0.141. The first-order valence-corrected chi connectivity index (χ1v) is 9.17. The van der Waals surface area contributed by atoms with Crippen molar-refractivity contribution in [3.8, 4) is 23.0 Å². The molecule has 0 radical (unpaired) electrons. The van der Waals surface area contributed by atoms with Crippen molar-refractivity contribution in [3.63, 3.8) is 0 Å². The lowest BCUT2D eigenvalue weighted by atomic mass is 10.1. The van der Waals surface area contributed by atoms with Gasteiger partial charge in [-0.05, 0) is 50.1 Å². The number of rotatable bonds is 6. The number of hydrogen-bond acceptors (Lipinski definition) is 7. The molecule has 1 saturated carbocycles. The van der Waals surface area contributed by atoms with Gasteiger partial charge in [-0.1, -0.05) is 0 Å². The van der Waals surface area contributed by atoms with Crippen LogP contribution in [0.5, 0.6) is 11.8 Å². The van der Waals surface area contributed by atoms with E-state index in [2.05, 4.69) is 25.4 Å². The quantitative estimate of drug-likeness (QED) is 0.599. The number of ether oxygens (including phenoxy) is 2. The zero-order valence-corrected chi connectivity index (χ0v) is 15.7. The SMILES string of the molecule is CCOC(=O)c1n[nH]nc1-c1ccc(Oc2nc(C3CC3)cc(C(F)(F)F)n2)cc1. The van der Waals surface area contributed by atoms with Crippen LogP contribution in [0, 0.1) is 0 Å². The fourth-order valence-corrected chi connectivity index (χ4v) is 2.78. The van der Waals surface area contributed by atoms with E-state index in [0.717, 1.165) is 18.9 Å². The molecule has 3 aromatic rings. The molecule has 0 saturated heterocycles. The van der Waals surface area contributed by atoms with E-state index in [1.165, 1.54) is 12.1 Å². The topological polar surface area (TPSA) is 103 Å². The fraction of sp³-hybridized carbons (Fsp3) is 0.316. The highest BCUT2D eigenvalue weighted by atomic mass is 19.4. The van der Waals surface area contributed by atoms with Gasteiger partial charge in [-0.25, -0.2) is 4.79 Å². The minimum absolute atomic E-state index is 0.00675. The summed E-state index contributed by atoms with van der Waals surface area (Å²) in [6, 6.07) is 6.80. The number of nitrogens with zero attached hydrogens (tertiary/aromatic N) is 4. The Morgan fingerprint density at radius 2 is 1.90 bits per heavy atom. The van der Waals surface area contributed by atoms with Crippen LogP contribution in [0.25, 0.3) is 11.3 Å². The summed E-state index contributed by atoms with van der Waals surface area (Å²) < 4.78 is 49.8. The van der Waals surface area contributed by atoms with Gasteiger partial charge in [0.25, 0.3) is 0 Å². The molecule has 1 aromatic carbocycles. The van der Waals surface area contributed by atoms with Gasteiger partial charge in [-0.3, -0.25) is 0 Å². The van der Waals surface area contributed by atoms with Crippen molar-refractivity contribution in [2.24, 2.45) is 0 Å². The van der Waals surface area contributed by atoms with Crippen LogP contribution >= 0.6 is 0 Å². The van der Waals surface area contributed by atoms with Gasteiger partial charge < -0.3 is 9.47 Å². The lowest BCUT2D eigenvalue weighted by Gasteiger charge is -2.11. The predicted molar refractivity (Wildman–Crippen MR) is 96.9 cm³/mol. The average molecular weight is 419 g/mol. The molecule has 0 bridgehead atoms. The van der Waals surface area contributed by atoms with Gasteiger partial charge in [0.05, 0.1) is 12.3 Å². The van der Waals surface area contributed by atoms with Crippen LogP contribution in [0.1, 0.15) is 47.6 Å². The molecule has 0 unspecified atom stereocenters. The Kier molecular flexibility index (Phi) is 5.10. The van der Waals surface area contributed by atoms with Gasteiger partial charge in [0.1, 0.15) is 11.4 Å². The van der Waals surface area contributed by atoms with E-state index in [0.29, 0.717) is 11.3 Å². The van der Waals surface area contributed by atoms with Crippen molar-refractivity contribution in [2.75, 3.05) is 6.61 Å². The summed E-state index contributed by atoms with van der Waals surface area (Å²) in [6.45, 7) is 1.87. The maximum absolute atomic E-state index is 13.1. The molecule has 1 aliphatic carbocycles. The number of alkyl halides is 3. The maximum atomic E-state index is 13.1. The number of benzene rings is 1. The minimum atomic E-state index is -4.59. The van der Waals surface area contributed by atoms with Crippen LogP contribution in [0.2, 0.25) is 0 Å². The molecule has 0 atom stereocenters. The van der Waals surface area contributed by atoms with Gasteiger partial charge >= 0.3 is 18.2 Å². The van der Waals surface area contributed by atoms with Crippen LogP contribution in [0.4, 0.5) is 13.2 Å². The molecule has 1 fully saturated rings. The number of hydrogen-bond donors (Lipinski definition) is 1. The summed E-state index contributed by atoms with van der Waals surface area (Å²) in [6.07, 6.45) is -3.00. The third-order valence-corrected chi connectivity index (χ3v) is 4.37. The van der Waals surface area contributed by atoms with E-state index < -0.39 is 17.8 Å². The predicted octanol–water partition coefficient (Wildman–Crippen LogP) is 4.13. The van der Waals surface area contributed by atoms with E-state index in [1.807, 2.05) is 0 Å². The highest BCUT2D eigenvalue weighted by Crippen LogP contribution is 2.41. The molecule has 156 valence electrons. The monoisotopic (exact) mass is 419 g/mol. The highest BCUT2D eigenvalue weighted by Gasteiger charge is 2.36. The van der Waals surface area contributed by atoms with Gasteiger partial charge in [0.2, 0.25) is 0 Å².